The van der Waals surface area contributed by atoms with Crippen LogP contribution in [-0.2, 0) is 9.59 Å². The van der Waals surface area contributed by atoms with E-state index < -0.39 is 11.5 Å². The third-order valence-corrected chi connectivity index (χ3v) is 3.51. The average Bonchev–Trinajstić information content (AvgIpc) is 2.72. The fourth-order valence-electron chi connectivity index (χ4n) is 2.07. The van der Waals surface area contributed by atoms with Gasteiger partial charge in [-0.1, -0.05) is 13.3 Å². The molecule has 0 spiro atoms. The van der Waals surface area contributed by atoms with Crippen LogP contribution in [0.1, 0.15) is 33.1 Å². The van der Waals surface area contributed by atoms with Crippen molar-refractivity contribution in [2.24, 2.45) is 5.73 Å². The largest absolute Gasteiger partial charge is 0.480 e. The smallest absolute Gasteiger partial charge is 0.325 e. The lowest BCUT2D eigenvalue weighted by Gasteiger charge is -2.25. The molecule has 1 rings (SSSR count). The second-order valence-corrected chi connectivity index (χ2v) is 5.00. The first kappa shape index (κ1) is 14.9. The summed E-state index contributed by atoms with van der Waals surface area (Å²) >= 11 is 0. The van der Waals surface area contributed by atoms with Crippen LogP contribution in [0.4, 0.5) is 0 Å². The molecule has 1 aliphatic heterocycles. The minimum Gasteiger partial charge on any atom is -0.480 e. The molecule has 0 aromatic heterocycles. The second kappa shape index (κ2) is 6.15. The van der Waals surface area contributed by atoms with Crippen molar-refractivity contribution in [3.63, 3.8) is 0 Å². The monoisotopic (exact) mass is 257 g/mol. The molecule has 0 saturated carbocycles. The number of carboxylic acid groups (broad SMARTS) is 1. The minimum absolute atomic E-state index is 0.0573. The molecule has 6 heteroatoms. The van der Waals surface area contributed by atoms with E-state index in [0.717, 1.165) is 12.8 Å². The third kappa shape index (κ3) is 3.43. The Morgan fingerprint density at radius 2 is 2.22 bits per heavy atom. The summed E-state index contributed by atoms with van der Waals surface area (Å²) < 4.78 is 0. The summed E-state index contributed by atoms with van der Waals surface area (Å²) in [5.41, 5.74) is 4.57. The summed E-state index contributed by atoms with van der Waals surface area (Å²) in [6.45, 7) is 5.29. The van der Waals surface area contributed by atoms with Gasteiger partial charge in [0.15, 0.2) is 0 Å². The molecule has 0 bridgehead atoms. The Morgan fingerprint density at radius 1 is 1.56 bits per heavy atom. The first-order chi connectivity index (χ1) is 8.40. The van der Waals surface area contributed by atoms with Gasteiger partial charge in [0.2, 0.25) is 5.91 Å². The van der Waals surface area contributed by atoms with Gasteiger partial charge in [-0.2, -0.15) is 0 Å². The standard InChI is InChI=1S/C12H23N3O3/c1-3-4-6-14-10(16)9(2)15-7-5-12(13,8-15)11(17)18/h9H,3-8,13H2,1-2H3,(H,14,16)(H,17,18). The van der Waals surface area contributed by atoms with E-state index in [-0.39, 0.29) is 18.5 Å². The minimum atomic E-state index is -1.21. The molecule has 0 radical (unpaired) electrons. The van der Waals surface area contributed by atoms with E-state index >= 15 is 0 Å². The SMILES string of the molecule is CCCCNC(=O)C(C)N1CCC(N)(C(=O)O)C1. The second-order valence-electron chi connectivity index (χ2n) is 5.00. The highest BCUT2D eigenvalue weighted by Crippen LogP contribution is 2.21. The molecule has 1 heterocycles. The van der Waals surface area contributed by atoms with Crippen LogP contribution < -0.4 is 11.1 Å². The van der Waals surface area contributed by atoms with Crippen molar-refractivity contribution in [3.8, 4) is 0 Å². The summed E-state index contributed by atoms with van der Waals surface area (Å²) in [7, 11) is 0. The molecule has 1 fully saturated rings. The summed E-state index contributed by atoms with van der Waals surface area (Å²) in [6, 6.07) is -0.327. The molecule has 2 atom stereocenters. The molecule has 0 aromatic carbocycles. The predicted molar refractivity (Wildman–Crippen MR) is 68.1 cm³/mol. The maximum absolute atomic E-state index is 11.8. The molecule has 1 amide bonds. The van der Waals surface area contributed by atoms with Gasteiger partial charge in [-0.05, 0) is 19.8 Å². The number of carbonyl (C=O) groups excluding carboxylic acids is 1. The number of likely N-dealkylation sites (tertiary alicyclic amines) is 1. The fourth-order valence-corrected chi connectivity index (χ4v) is 2.07. The number of unbranched alkanes of at least 4 members (excludes halogenated alkanes) is 1. The first-order valence-corrected chi connectivity index (χ1v) is 6.44. The molecule has 1 aliphatic rings. The number of nitrogens with two attached hydrogens (primary N) is 1. The van der Waals surface area contributed by atoms with Crippen LogP contribution in [-0.4, -0.2) is 53.1 Å². The molecular formula is C12H23N3O3. The van der Waals surface area contributed by atoms with Gasteiger partial charge >= 0.3 is 5.97 Å². The van der Waals surface area contributed by atoms with Crippen molar-refractivity contribution in [2.75, 3.05) is 19.6 Å². The van der Waals surface area contributed by atoms with Gasteiger partial charge in [0.05, 0.1) is 6.04 Å². The van der Waals surface area contributed by atoms with Crippen LogP contribution in [0.5, 0.6) is 0 Å². The number of hydrogen-bond donors (Lipinski definition) is 3. The Hall–Kier alpha value is -1.14. The van der Waals surface area contributed by atoms with Crippen LogP contribution in [0.2, 0.25) is 0 Å². The van der Waals surface area contributed by atoms with Gasteiger partial charge in [0.1, 0.15) is 5.54 Å². The van der Waals surface area contributed by atoms with Crippen LogP contribution in [0.15, 0.2) is 0 Å². The van der Waals surface area contributed by atoms with Crippen molar-refractivity contribution < 1.29 is 14.7 Å². The zero-order chi connectivity index (χ0) is 13.8. The number of aliphatic carboxylic acids is 1. The van der Waals surface area contributed by atoms with E-state index in [1.807, 2.05) is 4.90 Å². The molecule has 104 valence electrons. The molecule has 1 saturated heterocycles. The van der Waals surface area contributed by atoms with Crippen LogP contribution >= 0.6 is 0 Å². The van der Waals surface area contributed by atoms with Gasteiger partial charge < -0.3 is 16.2 Å². The Bertz CT molecular complexity index is 322. The normalized spacial score (nSPS) is 25.9. The highest BCUT2D eigenvalue weighted by Gasteiger charge is 2.43. The molecular weight excluding hydrogens is 234 g/mol. The van der Waals surface area contributed by atoms with Gasteiger partial charge in [-0.25, -0.2) is 0 Å². The van der Waals surface area contributed by atoms with Gasteiger partial charge in [-0.3, -0.25) is 14.5 Å². The summed E-state index contributed by atoms with van der Waals surface area (Å²) in [5, 5.41) is 11.9. The fraction of sp³-hybridized carbons (Fsp3) is 0.833. The van der Waals surface area contributed by atoms with E-state index in [2.05, 4.69) is 12.2 Å². The first-order valence-electron chi connectivity index (χ1n) is 6.44. The molecule has 4 N–H and O–H groups in total. The Balaban J connectivity index is 2.46. The zero-order valence-electron chi connectivity index (χ0n) is 11.1. The summed E-state index contributed by atoms with van der Waals surface area (Å²) in [4.78, 5) is 24.7. The lowest BCUT2D eigenvalue weighted by atomic mass is 10.0. The van der Waals surface area contributed by atoms with Crippen LogP contribution in [0.3, 0.4) is 0 Å². The van der Waals surface area contributed by atoms with E-state index in [1.165, 1.54) is 0 Å². The lowest BCUT2D eigenvalue weighted by Crippen LogP contribution is -2.52. The van der Waals surface area contributed by atoms with Crippen LogP contribution in [0.25, 0.3) is 0 Å². The van der Waals surface area contributed by atoms with E-state index in [0.29, 0.717) is 19.5 Å². The Morgan fingerprint density at radius 3 is 2.72 bits per heavy atom. The molecule has 18 heavy (non-hydrogen) atoms. The number of carboxylic acids is 1. The topological polar surface area (TPSA) is 95.7 Å². The summed E-state index contributed by atoms with van der Waals surface area (Å²) in [5.74, 6) is -1.05. The summed E-state index contributed by atoms with van der Waals surface area (Å²) in [6.07, 6.45) is 2.37. The van der Waals surface area contributed by atoms with Crippen molar-refractivity contribution in [1.82, 2.24) is 10.2 Å². The van der Waals surface area contributed by atoms with Crippen molar-refractivity contribution in [1.29, 1.82) is 0 Å². The highest BCUT2D eigenvalue weighted by molar-refractivity contribution is 5.82. The Kier molecular flexibility index (Phi) is 5.10. The zero-order valence-corrected chi connectivity index (χ0v) is 11.1. The molecule has 6 nitrogen and oxygen atoms in total. The quantitative estimate of drug-likeness (QED) is 0.572. The molecule has 0 aromatic rings. The number of amides is 1. The van der Waals surface area contributed by atoms with E-state index in [9.17, 15) is 9.59 Å². The van der Waals surface area contributed by atoms with Gasteiger partial charge in [0.25, 0.3) is 0 Å². The Labute approximate surface area is 108 Å². The third-order valence-electron chi connectivity index (χ3n) is 3.51. The number of nitrogens with zero attached hydrogens (tertiary/aromatic N) is 1. The maximum Gasteiger partial charge on any atom is 0.325 e. The highest BCUT2D eigenvalue weighted by atomic mass is 16.4. The van der Waals surface area contributed by atoms with Gasteiger partial charge in [0, 0.05) is 19.6 Å². The maximum atomic E-state index is 11.8. The number of nitrogens with one attached hydrogen (secondary N) is 1. The number of rotatable bonds is 6. The lowest BCUT2D eigenvalue weighted by molar-refractivity contribution is -0.143. The van der Waals surface area contributed by atoms with Gasteiger partial charge in [-0.15, -0.1) is 0 Å². The van der Waals surface area contributed by atoms with Crippen molar-refractivity contribution >= 4 is 11.9 Å². The number of carbonyl (C=O) groups is 2. The molecule has 0 aliphatic carbocycles. The molecule has 2 unspecified atom stereocenters. The van der Waals surface area contributed by atoms with E-state index in [4.69, 9.17) is 10.8 Å². The van der Waals surface area contributed by atoms with Crippen molar-refractivity contribution in [3.05, 3.63) is 0 Å². The van der Waals surface area contributed by atoms with Crippen LogP contribution in [0, 0.1) is 0 Å². The predicted octanol–water partition coefficient (Wildman–Crippen LogP) is -0.221. The van der Waals surface area contributed by atoms with Crippen molar-refractivity contribution in [2.45, 2.75) is 44.7 Å². The average molecular weight is 257 g/mol. The van der Waals surface area contributed by atoms with E-state index in [1.54, 1.807) is 6.92 Å². The number of hydrogen-bond acceptors (Lipinski definition) is 4.